The van der Waals surface area contributed by atoms with Gasteiger partial charge in [-0.15, -0.1) is 0 Å². The third-order valence-corrected chi connectivity index (χ3v) is 4.11. The Kier molecular flexibility index (Phi) is 5.20. The molecule has 1 amide bonds. The summed E-state index contributed by atoms with van der Waals surface area (Å²) in [4.78, 5) is 18.8. The van der Waals surface area contributed by atoms with E-state index >= 15 is 0 Å². The Bertz CT molecular complexity index is 480. The molecular formula is C14H21ClN4O. The van der Waals surface area contributed by atoms with E-state index < -0.39 is 0 Å². The molecule has 0 aromatic carbocycles. The zero-order valence-electron chi connectivity index (χ0n) is 11.7. The van der Waals surface area contributed by atoms with Crippen molar-refractivity contribution in [1.82, 2.24) is 9.88 Å². The number of aromatic nitrogens is 1. The first kappa shape index (κ1) is 15.1. The SMILES string of the molecule is CCC1CCCCCN1C(=O)c1nc(NN)ccc1Cl. The number of nitrogens with zero attached hydrogens (tertiary/aromatic N) is 2. The van der Waals surface area contributed by atoms with E-state index in [0.29, 0.717) is 10.8 Å². The number of rotatable bonds is 3. The summed E-state index contributed by atoms with van der Waals surface area (Å²) in [5, 5.41) is 0.369. The van der Waals surface area contributed by atoms with Crippen LogP contribution in [0.5, 0.6) is 0 Å². The molecule has 110 valence electrons. The van der Waals surface area contributed by atoms with Crippen LogP contribution in [0.2, 0.25) is 5.02 Å². The van der Waals surface area contributed by atoms with Gasteiger partial charge in [-0.2, -0.15) is 0 Å². The lowest BCUT2D eigenvalue weighted by Gasteiger charge is -2.29. The standard InChI is InChI=1S/C14H21ClN4O/c1-2-10-6-4-3-5-9-19(10)14(20)13-11(15)7-8-12(17-13)18-16/h7-8,10H,2-6,9,16H2,1H3,(H,17,18). The fourth-order valence-corrected chi connectivity index (χ4v) is 2.86. The highest BCUT2D eigenvalue weighted by Gasteiger charge is 2.27. The average molecular weight is 297 g/mol. The Balaban J connectivity index is 2.28. The number of hydrazine groups is 1. The number of nitrogen functional groups attached to an aromatic ring is 1. The molecule has 0 bridgehead atoms. The molecule has 0 aliphatic carbocycles. The van der Waals surface area contributed by atoms with Crippen molar-refractivity contribution < 1.29 is 4.79 Å². The summed E-state index contributed by atoms with van der Waals surface area (Å²) in [6.07, 6.45) is 5.39. The molecule has 3 N–H and O–H groups in total. The van der Waals surface area contributed by atoms with Gasteiger partial charge in [0.05, 0.1) is 5.02 Å². The van der Waals surface area contributed by atoms with Gasteiger partial charge in [-0.3, -0.25) is 4.79 Å². The molecule has 1 aliphatic rings. The summed E-state index contributed by atoms with van der Waals surface area (Å²) in [5.41, 5.74) is 2.73. The minimum Gasteiger partial charge on any atom is -0.334 e. The lowest BCUT2D eigenvalue weighted by Crippen LogP contribution is -2.40. The minimum atomic E-state index is -0.0964. The number of pyridine rings is 1. The molecule has 0 saturated carbocycles. The van der Waals surface area contributed by atoms with Gasteiger partial charge in [0.25, 0.3) is 5.91 Å². The molecule has 1 aliphatic heterocycles. The Labute approximate surface area is 124 Å². The Morgan fingerprint density at radius 1 is 1.50 bits per heavy atom. The molecule has 0 radical (unpaired) electrons. The second-order valence-electron chi connectivity index (χ2n) is 5.08. The Morgan fingerprint density at radius 3 is 3.00 bits per heavy atom. The number of halogens is 1. The first-order chi connectivity index (χ1) is 9.67. The summed E-state index contributed by atoms with van der Waals surface area (Å²) in [6, 6.07) is 3.58. The van der Waals surface area contributed by atoms with E-state index in [-0.39, 0.29) is 17.6 Å². The molecule has 2 rings (SSSR count). The van der Waals surface area contributed by atoms with E-state index in [9.17, 15) is 4.79 Å². The van der Waals surface area contributed by atoms with E-state index in [1.54, 1.807) is 12.1 Å². The zero-order valence-corrected chi connectivity index (χ0v) is 12.5. The fraction of sp³-hybridized carbons (Fsp3) is 0.571. The predicted octanol–water partition coefficient (Wildman–Crippen LogP) is 2.82. The van der Waals surface area contributed by atoms with Crippen molar-refractivity contribution in [2.45, 2.75) is 45.1 Å². The van der Waals surface area contributed by atoms with Crippen LogP contribution in [0.15, 0.2) is 12.1 Å². The van der Waals surface area contributed by atoms with E-state index in [2.05, 4.69) is 17.3 Å². The van der Waals surface area contributed by atoms with Crippen LogP contribution < -0.4 is 11.3 Å². The van der Waals surface area contributed by atoms with E-state index in [1.165, 1.54) is 12.8 Å². The summed E-state index contributed by atoms with van der Waals surface area (Å²) in [5.74, 6) is 5.69. The predicted molar refractivity (Wildman–Crippen MR) is 80.6 cm³/mol. The maximum absolute atomic E-state index is 12.7. The third kappa shape index (κ3) is 3.22. The maximum Gasteiger partial charge on any atom is 0.274 e. The van der Waals surface area contributed by atoms with Gasteiger partial charge in [0.15, 0.2) is 0 Å². The number of amides is 1. The van der Waals surface area contributed by atoms with Gasteiger partial charge in [0.2, 0.25) is 0 Å². The van der Waals surface area contributed by atoms with Gasteiger partial charge < -0.3 is 10.3 Å². The molecule has 1 unspecified atom stereocenters. The van der Waals surface area contributed by atoms with Crippen molar-refractivity contribution in [3.05, 3.63) is 22.8 Å². The van der Waals surface area contributed by atoms with Crippen molar-refractivity contribution in [1.29, 1.82) is 0 Å². The van der Waals surface area contributed by atoms with Crippen LogP contribution in [-0.2, 0) is 0 Å². The summed E-state index contributed by atoms with van der Waals surface area (Å²) in [7, 11) is 0. The summed E-state index contributed by atoms with van der Waals surface area (Å²) < 4.78 is 0. The largest absolute Gasteiger partial charge is 0.334 e. The normalized spacial score (nSPS) is 19.6. The number of nitrogens with one attached hydrogen (secondary N) is 1. The number of anilines is 1. The molecule has 1 atom stereocenters. The molecular weight excluding hydrogens is 276 g/mol. The smallest absolute Gasteiger partial charge is 0.274 e. The second-order valence-corrected chi connectivity index (χ2v) is 5.49. The van der Waals surface area contributed by atoms with Crippen molar-refractivity contribution in [3.8, 4) is 0 Å². The van der Waals surface area contributed by atoms with Crippen LogP contribution in [0, 0.1) is 0 Å². The molecule has 2 heterocycles. The monoisotopic (exact) mass is 296 g/mol. The van der Waals surface area contributed by atoms with Gasteiger partial charge >= 0.3 is 0 Å². The quantitative estimate of drug-likeness (QED) is 0.664. The number of carbonyl (C=O) groups is 1. The molecule has 6 heteroatoms. The lowest BCUT2D eigenvalue weighted by molar-refractivity contribution is 0.0672. The number of hydrogen-bond acceptors (Lipinski definition) is 4. The highest BCUT2D eigenvalue weighted by atomic mass is 35.5. The maximum atomic E-state index is 12.7. The summed E-state index contributed by atoms with van der Waals surface area (Å²) >= 11 is 6.12. The summed E-state index contributed by atoms with van der Waals surface area (Å²) in [6.45, 7) is 2.89. The van der Waals surface area contributed by atoms with Crippen LogP contribution in [-0.4, -0.2) is 28.4 Å². The fourth-order valence-electron chi connectivity index (χ4n) is 2.68. The zero-order chi connectivity index (χ0) is 14.5. The van der Waals surface area contributed by atoms with Gasteiger partial charge in [-0.25, -0.2) is 10.8 Å². The molecule has 1 aromatic rings. The lowest BCUT2D eigenvalue weighted by atomic mass is 10.1. The van der Waals surface area contributed by atoms with Gasteiger partial charge in [-0.1, -0.05) is 31.4 Å². The highest BCUT2D eigenvalue weighted by molar-refractivity contribution is 6.33. The average Bonchev–Trinajstić information content (AvgIpc) is 2.72. The molecule has 1 aromatic heterocycles. The Morgan fingerprint density at radius 2 is 2.30 bits per heavy atom. The van der Waals surface area contributed by atoms with Gasteiger partial charge in [0.1, 0.15) is 11.5 Å². The van der Waals surface area contributed by atoms with E-state index in [1.807, 2.05) is 4.90 Å². The number of carbonyl (C=O) groups excluding carboxylic acids is 1. The van der Waals surface area contributed by atoms with Crippen LogP contribution in [0.25, 0.3) is 0 Å². The molecule has 0 spiro atoms. The second kappa shape index (κ2) is 6.90. The van der Waals surface area contributed by atoms with Crippen LogP contribution >= 0.6 is 11.6 Å². The van der Waals surface area contributed by atoms with E-state index in [0.717, 1.165) is 25.8 Å². The third-order valence-electron chi connectivity index (χ3n) is 3.81. The molecule has 1 fully saturated rings. The highest BCUT2D eigenvalue weighted by Crippen LogP contribution is 2.24. The van der Waals surface area contributed by atoms with Crippen molar-refractivity contribution >= 4 is 23.3 Å². The van der Waals surface area contributed by atoms with E-state index in [4.69, 9.17) is 17.4 Å². The van der Waals surface area contributed by atoms with Gasteiger partial charge in [0, 0.05) is 12.6 Å². The number of likely N-dealkylation sites (tertiary alicyclic amines) is 1. The van der Waals surface area contributed by atoms with Crippen molar-refractivity contribution in [3.63, 3.8) is 0 Å². The van der Waals surface area contributed by atoms with Crippen LogP contribution in [0.4, 0.5) is 5.82 Å². The molecule has 20 heavy (non-hydrogen) atoms. The van der Waals surface area contributed by atoms with Crippen molar-refractivity contribution in [2.75, 3.05) is 12.0 Å². The van der Waals surface area contributed by atoms with Crippen LogP contribution in [0.1, 0.15) is 49.5 Å². The molecule has 1 saturated heterocycles. The minimum absolute atomic E-state index is 0.0964. The molecule has 5 nitrogen and oxygen atoms in total. The Hall–Kier alpha value is -1.33. The first-order valence-corrected chi connectivity index (χ1v) is 7.49. The number of hydrogen-bond donors (Lipinski definition) is 2. The van der Waals surface area contributed by atoms with Crippen LogP contribution in [0.3, 0.4) is 0 Å². The first-order valence-electron chi connectivity index (χ1n) is 7.11. The number of nitrogens with two attached hydrogens (primary N) is 1. The van der Waals surface area contributed by atoms with Crippen molar-refractivity contribution in [2.24, 2.45) is 5.84 Å². The topological polar surface area (TPSA) is 71.2 Å². The van der Waals surface area contributed by atoms with Gasteiger partial charge in [-0.05, 0) is 31.4 Å².